The zero-order chi connectivity index (χ0) is 28.6. The number of halogens is 4. The fourth-order valence-electron chi connectivity index (χ4n) is 4.45. The van der Waals surface area contributed by atoms with Gasteiger partial charge in [0.2, 0.25) is 0 Å². The number of nitrogens with zero attached hydrogens (tertiary/aromatic N) is 1. The zero-order valence-electron chi connectivity index (χ0n) is 21.9. The monoisotopic (exact) mass is 583 g/mol. The number of sulfone groups is 1. The number of hydrogen-bond acceptors (Lipinski definition) is 5. The maximum absolute atomic E-state index is 13.4. The van der Waals surface area contributed by atoms with Crippen LogP contribution < -0.4 is 4.74 Å². The predicted octanol–water partition coefficient (Wildman–Crippen LogP) is 6.37. The Hall–Kier alpha value is -2.59. The van der Waals surface area contributed by atoms with Gasteiger partial charge in [0.25, 0.3) is 0 Å². The first-order valence-corrected chi connectivity index (χ1v) is 14.9. The molecule has 0 saturated carbocycles. The molecule has 10 heteroatoms. The lowest BCUT2D eigenvalue weighted by atomic mass is 10.00. The number of aliphatic hydroxyl groups is 1. The zero-order valence-corrected chi connectivity index (χ0v) is 23.5. The van der Waals surface area contributed by atoms with E-state index in [0.717, 1.165) is 17.9 Å². The Labute approximate surface area is 233 Å². The highest BCUT2D eigenvalue weighted by molar-refractivity contribution is 7.90. The van der Waals surface area contributed by atoms with E-state index < -0.39 is 21.6 Å². The van der Waals surface area contributed by atoms with Crippen LogP contribution in [0.4, 0.5) is 13.2 Å². The van der Waals surface area contributed by atoms with Gasteiger partial charge in [-0.1, -0.05) is 67.1 Å². The Morgan fingerprint density at radius 2 is 1.74 bits per heavy atom. The molecule has 0 fully saturated rings. The van der Waals surface area contributed by atoms with Gasteiger partial charge in [0.15, 0.2) is 9.84 Å². The van der Waals surface area contributed by atoms with Crippen molar-refractivity contribution in [3.8, 4) is 5.75 Å². The molecule has 0 aliphatic rings. The van der Waals surface area contributed by atoms with E-state index >= 15 is 0 Å². The van der Waals surface area contributed by atoms with Gasteiger partial charge in [0.1, 0.15) is 5.75 Å². The second-order valence-corrected chi connectivity index (χ2v) is 11.9. The van der Waals surface area contributed by atoms with Gasteiger partial charge in [0, 0.05) is 32.5 Å². The average molecular weight is 584 g/mol. The quantitative estimate of drug-likeness (QED) is 0.237. The molecule has 1 atom stereocenters. The molecule has 0 aliphatic heterocycles. The maximum atomic E-state index is 13.4. The predicted molar refractivity (Wildman–Crippen MR) is 147 cm³/mol. The van der Waals surface area contributed by atoms with Gasteiger partial charge in [-0.2, -0.15) is 13.2 Å². The summed E-state index contributed by atoms with van der Waals surface area (Å²) in [4.78, 5) is 2.17. The summed E-state index contributed by atoms with van der Waals surface area (Å²) in [5.74, 6) is 0.510. The number of benzene rings is 3. The Bertz CT molecular complexity index is 1330. The molecule has 1 unspecified atom stereocenters. The van der Waals surface area contributed by atoms with E-state index in [2.05, 4.69) is 11.8 Å². The Morgan fingerprint density at radius 1 is 1.03 bits per heavy atom. The first-order chi connectivity index (χ1) is 18.4. The Morgan fingerprint density at radius 3 is 2.38 bits per heavy atom. The number of ether oxygens (including phenoxy) is 1. The molecule has 5 nitrogen and oxygen atoms in total. The molecule has 39 heavy (non-hydrogen) atoms. The van der Waals surface area contributed by atoms with E-state index in [1.807, 2.05) is 30.3 Å². The molecule has 1 N–H and O–H groups in total. The van der Waals surface area contributed by atoms with Gasteiger partial charge < -0.3 is 9.84 Å². The lowest BCUT2D eigenvalue weighted by Gasteiger charge is -2.27. The lowest BCUT2D eigenvalue weighted by molar-refractivity contribution is -0.137. The number of rotatable bonds is 13. The van der Waals surface area contributed by atoms with E-state index in [9.17, 15) is 26.7 Å². The van der Waals surface area contributed by atoms with Crippen molar-refractivity contribution in [2.75, 3.05) is 32.6 Å². The van der Waals surface area contributed by atoms with Gasteiger partial charge in [-0.05, 0) is 53.6 Å². The van der Waals surface area contributed by atoms with E-state index in [-0.39, 0.29) is 42.0 Å². The number of alkyl halides is 3. The minimum Gasteiger partial charge on any atom is -0.494 e. The molecule has 0 radical (unpaired) electrons. The molecule has 212 valence electrons. The van der Waals surface area contributed by atoms with E-state index in [1.54, 1.807) is 18.2 Å². The Balaban J connectivity index is 1.72. The van der Waals surface area contributed by atoms with Crippen molar-refractivity contribution in [1.82, 2.24) is 4.90 Å². The molecule has 0 bridgehead atoms. The third kappa shape index (κ3) is 8.96. The summed E-state index contributed by atoms with van der Waals surface area (Å²) in [5, 5.41) is 8.93. The Kier molecular flexibility index (Phi) is 10.8. The van der Waals surface area contributed by atoms with Gasteiger partial charge >= 0.3 is 6.18 Å². The molecule has 3 aromatic carbocycles. The fourth-order valence-corrected chi connectivity index (χ4v) is 5.72. The van der Waals surface area contributed by atoms with Crippen LogP contribution in [0, 0.1) is 0 Å². The van der Waals surface area contributed by atoms with Gasteiger partial charge in [-0.3, -0.25) is 4.90 Å². The topological polar surface area (TPSA) is 66.8 Å². The van der Waals surface area contributed by atoms with Crippen molar-refractivity contribution in [3.05, 3.63) is 94.0 Å². The molecule has 0 aromatic heterocycles. The third-order valence-corrected chi connectivity index (χ3v) is 8.01. The minimum atomic E-state index is -4.54. The molecular formula is C29H33ClF3NO4S. The summed E-state index contributed by atoms with van der Waals surface area (Å²) in [7, 11) is -3.51. The summed E-state index contributed by atoms with van der Waals surface area (Å²) in [6.45, 7) is 3.50. The molecule has 3 aromatic rings. The summed E-state index contributed by atoms with van der Waals surface area (Å²) in [5.41, 5.74) is 1.17. The van der Waals surface area contributed by atoms with Crippen LogP contribution in [0.15, 0.2) is 71.6 Å². The smallest absolute Gasteiger partial charge is 0.417 e. The molecular weight excluding hydrogens is 551 g/mol. The second kappa shape index (κ2) is 13.7. The highest BCUT2D eigenvalue weighted by Crippen LogP contribution is 2.36. The van der Waals surface area contributed by atoms with Gasteiger partial charge in [-0.15, -0.1) is 0 Å². The van der Waals surface area contributed by atoms with Crippen molar-refractivity contribution in [2.45, 2.75) is 43.3 Å². The third-order valence-electron chi connectivity index (χ3n) is 6.39. The van der Waals surface area contributed by atoms with Crippen LogP contribution in [0.3, 0.4) is 0 Å². The largest absolute Gasteiger partial charge is 0.494 e. The lowest BCUT2D eigenvalue weighted by Crippen LogP contribution is -2.30. The van der Waals surface area contributed by atoms with Crippen LogP contribution in [-0.2, 0) is 29.0 Å². The van der Waals surface area contributed by atoms with Crippen molar-refractivity contribution in [1.29, 1.82) is 0 Å². The highest BCUT2D eigenvalue weighted by atomic mass is 35.5. The molecule has 0 saturated heterocycles. The fraction of sp³-hybridized carbons (Fsp3) is 0.379. The normalized spacial score (nSPS) is 13.0. The van der Waals surface area contributed by atoms with Crippen LogP contribution in [0.2, 0.25) is 5.02 Å². The van der Waals surface area contributed by atoms with E-state index in [4.69, 9.17) is 16.3 Å². The van der Waals surface area contributed by atoms with E-state index in [1.165, 1.54) is 12.1 Å². The van der Waals surface area contributed by atoms with Crippen LogP contribution in [0.25, 0.3) is 0 Å². The average Bonchev–Trinajstić information content (AvgIpc) is 2.87. The van der Waals surface area contributed by atoms with Crippen molar-refractivity contribution in [2.24, 2.45) is 0 Å². The van der Waals surface area contributed by atoms with Crippen molar-refractivity contribution in [3.63, 3.8) is 0 Å². The maximum Gasteiger partial charge on any atom is 0.417 e. The minimum absolute atomic E-state index is 0.117. The summed E-state index contributed by atoms with van der Waals surface area (Å²) in [6, 6.07) is 18.6. The number of aliphatic hydroxyl groups excluding tert-OH is 1. The molecule has 3 rings (SSSR count). The van der Waals surface area contributed by atoms with E-state index in [0.29, 0.717) is 36.4 Å². The van der Waals surface area contributed by atoms with Gasteiger partial charge in [-0.25, -0.2) is 8.42 Å². The number of hydrogen-bond donors (Lipinski definition) is 1. The van der Waals surface area contributed by atoms with Crippen LogP contribution in [0.1, 0.15) is 41.5 Å². The molecule has 0 spiro atoms. The molecule has 0 aliphatic carbocycles. The molecule has 0 heterocycles. The highest BCUT2D eigenvalue weighted by Gasteiger charge is 2.34. The van der Waals surface area contributed by atoms with Gasteiger partial charge in [0.05, 0.1) is 22.1 Å². The van der Waals surface area contributed by atoms with Crippen LogP contribution in [0.5, 0.6) is 5.75 Å². The standard InChI is InChI=1S/C29H33ClF3NO4S/c1-21(22-8-4-3-5-9-22)19-34(20-24-10-6-11-26(28(24)30)29(31,32)33)15-7-17-38-25-13-12-23(14-16-35)27(18-25)39(2,36)37/h3-6,8-13,18,21,35H,7,14-17,19-20H2,1-2H3. The summed E-state index contributed by atoms with van der Waals surface area (Å²) in [6.07, 6.45) is -2.67. The SMILES string of the molecule is CC(CN(CCCOc1ccc(CCO)c(S(C)(=O)=O)c1)Cc1cccc(C(F)(F)F)c1Cl)c1ccccc1. The first-order valence-electron chi connectivity index (χ1n) is 12.6. The van der Waals surface area contributed by atoms with Crippen molar-refractivity contribution < 1.29 is 31.4 Å². The summed E-state index contributed by atoms with van der Waals surface area (Å²) >= 11 is 6.18. The second-order valence-electron chi connectivity index (χ2n) is 9.54. The van der Waals surface area contributed by atoms with Crippen LogP contribution >= 0.6 is 11.6 Å². The van der Waals surface area contributed by atoms with Crippen LogP contribution in [-0.4, -0.2) is 51.0 Å². The first kappa shape index (κ1) is 30.9. The summed E-state index contributed by atoms with van der Waals surface area (Å²) < 4.78 is 70.4. The molecule has 0 amide bonds. The van der Waals surface area contributed by atoms with Crippen molar-refractivity contribution >= 4 is 21.4 Å².